The van der Waals surface area contributed by atoms with Crippen molar-refractivity contribution >= 4 is 22.8 Å². The highest BCUT2D eigenvalue weighted by molar-refractivity contribution is 5.91. The molecule has 4 rings (SSSR count). The van der Waals surface area contributed by atoms with E-state index in [1.54, 1.807) is 25.1 Å². The van der Waals surface area contributed by atoms with Gasteiger partial charge in [0, 0.05) is 25.7 Å². The van der Waals surface area contributed by atoms with Crippen LogP contribution in [-0.4, -0.2) is 48.3 Å². The Kier molecular flexibility index (Phi) is 5.78. The third-order valence-electron chi connectivity index (χ3n) is 5.22. The summed E-state index contributed by atoms with van der Waals surface area (Å²) in [7, 11) is 0. The topological polar surface area (TPSA) is 79.6 Å². The predicted molar refractivity (Wildman–Crippen MR) is 112 cm³/mol. The van der Waals surface area contributed by atoms with Crippen LogP contribution in [0, 0.1) is 6.92 Å². The molecule has 7 nitrogen and oxygen atoms in total. The highest BCUT2D eigenvalue weighted by Gasteiger charge is 2.32. The molecule has 2 atom stereocenters. The molecular weight excluding hydrogens is 368 g/mol. The van der Waals surface area contributed by atoms with Gasteiger partial charge in [0.15, 0.2) is 11.5 Å². The Morgan fingerprint density at radius 2 is 2.07 bits per heavy atom. The number of rotatable bonds is 5. The van der Waals surface area contributed by atoms with Gasteiger partial charge in [0.1, 0.15) is 5.52 Å². The summed E-state index contributed by atoms with van der Waals surface area (Å²) < 4.78 is 11.5. The Hall–Kier alpha value is -2.90. The summed E-state index contributed by atoms with van der Waals surface area (Å²) in [5.74, 6) is 0.600. The Morgan fingerprint density at radius 1 is 1.24 bits per heavy atom. The summed E-state index contributed by atoms with van der Waals surface area (Å²) in [4.78, 5) is 19.1. The number of carbonyl (C=O) groups excluding carboxylic acids is 1. The van der Waals surface area contributed by atoms with Crippen LogP contribution in [-0.2, 0) is 4.74 Å². The van der Waals surface area contributed by atoms with E-state index >= 15 is 0 Å². The second kappa shape index (κ2) is 8.63. The second-order valence-electron chi connectivity index (χ2n) is 7.14. The van der Waals surface area contributed by atoms with Gasteiger partial charge in [-0.3, -0.25) is 4.90 Å². The largest absolute Gasteiger partial charge is 0.441 e. The van der Waals surface area contributed by atoms with Crippen LogP contribution in [0.25, 0.3) is 11.1 Å². The zero-order chi connectivity index (χ0) is 20.2. The lowest BCUT2D eigenvalue weighted by molar-refractivity contribution is -0.0680. The van der Waals surface area contributed by atoms with Crippen molar-refractivity contribution < 1.29 is 13.9 Å². The molecule has 1 aliphatic heterocycles. The quantitative estimate of drug-likeness (QED) is 0.689. The van der Waals surface area contributed by atoms with Gasteiger partial charge in [-0.1, -0.05) is 37.3 Å². The number of fused-ring (bicyclic) bond motifs is 1. The molecule has 152 valence electrons. The molecular formula is C22H26N4O3. The molecule has 2 aromatic carbocycles. The smallest absolute Gasteiger partial charge is 0.319 e. The molecule has 0 aliphatic carbocycles. The lowest BCUT2D eigenvalue weighted by atomic mass is 9.98. The first-order valence-electron chi connectivity index (χ1n) is 9.96. The Labute approximate surface area is 170 Å². The van der Waals surface area contributed by atoms with Crippen molar-refractivity contribution in [1.82, 2.24) is 15.2 Å². The molecule has 7 heteroatoms. The van der Waals surface area contributed by atoms with Crippen molar-refractivity contribution in [3.8, 4) is 0 Å². The summed E-state index contributed by atoms with van der Waals surface area (Å²) in [6, 6.07) is 15.6. The minimum atomic E-state index is -0.270. The van der Waals surface area contributed by atoms with E-state index in [2.05, 4.69) is 39.6 Å². The van der Waals surface area contributed by atoms with Crippen LogP contribution in [0.2, 0.25) is 0 Å². The molecule has 2 heterocycles. The van der Waals surface area contributed by atoms with E-state index in [4.69, 9.17) is 9.15 Å². The number of hydrogen-bond acceptors (Lipinski definition) is 5. The van der Waals surface area contributed by atoms with E-state index in [0.29, 0.717) is 30.3 Å². The van der Waals surface area contributed by atoms with Crippen molar-refractivity contribution in [2.75, 3.05) is 31.6 Å². The Bertz CT molecular complexity index is 973. The van der Waals surface area contributed by atoms with E-state index < -0.39 is 0 Å². The maximum Gasteiger partial charge on any atom is 0.319 e. The van der Waals surface area contributed by atoms with E-state index in [-0.39, 0.29) is 18.2 Å². The highest BCUT2D eigenvalue weighted by Crippen LogP contribution is 2.29. The van der Waals surface area contributed by atoms with Crippen molar-refractivity contribution in [2.24, 2.45) is 0 Å². The average Bonchev–Trinajstić information content (AvgIpc) is 3.11. The number of nitrogens with one attached hydrogen (secondary N) is 2. The lowest BCUT2D eigenvalue weighted by Gasteiger charge is -2.41. The maximum atomic E-state index is 12.5. The van der Waals surface area contributed by atoms with Gasteiger partial charge in [-0.05, 0) is 30.3 Å². The molecule has 0 bridgehead atoms. The van der Waals surface area contributed by atoms with E-state index in [0.717, 1.165) is 18.6 Å². The number of ether oxygens (including phenoxy) is 1. The molecule has 1 saturated heterocycles. The van der Waals surface area contributed by atoms with E-state index in [1.807, 2.05) is 18.2 Å². The fourth-order valence-electron chi connectivity index (χ4n) is 3.88. The number of aryl methyl sites for hydroxylation is 1. The van der Waals surface area contributed by atoms with Crippen LogP contribution < -0.4 is 10.6 Å². The standard InChI is InChI=1S/C22H26N4O3/c1-3-26-11-12-28-20(21(26)16-7-5-4-6-8-16)14-23-22(27)25-17-9-10-19-18(13-17)24-15(2)29-19/h4-10,13,20-21H,3,11-12,14H2,1-2H3,(H2,23,25,27)/t20-,21-/m0/s1. The summed E-state index contributed by atoms with van der Waals surface area (Å²) in [6.45, 7) is 6.85. The number of amides is 2. The summed E-state index contributed by atoms with van der Waals surface area (Å²) in [5, 5.41) is 5.81. The van der Waals surface area contributed by atoms with Gasteiger partial charge in [0.2, 0.25) is 0 Å². The first-order chi connectivity index (χ1) is 14.1. The van der Waals surface area contributed by atoms with Crippen LogP contribution in [0.5, 0.6) is 0 Å². The molecule has 0 saturated carbocycles. The molecule has 0 spiro atoms. The minimum Gasteiger partial charge on any atom is -0.441 e. The first-order valence-corrected chi connectivity index (χ1v) is 9.96. The SMILES string of the molecule is CCN1CCO[C@@H](CNC(=O)Nc2ccc3oc(C)nc3c2)[C@@H]1c1ccccc1. The molecule has 0 radical (unpaired) electrons. The molecule has 3 aromatic rings. The molecule has 2 amide bonds. The third kappa shape index (κ3) is 4.41. The number of anilines is 1. The van der Waals surface area contributed by atoms with Gasteiger partial charge >= 0.3 is 6.03 Å². The van der Waals surface area contributed by atoms with Crippen molar-refractivity contribution in [3.63, 3.8) is 0 Å². The molecule has 1 aromatic heterocycles. The number of hydrogen-bond donors (Lipinski definition) is 2. The van der Waals surface area contributed by atoms with Crippen molar-refractivity contribution in [3.05, 3.63) is 60.0 Å². The molecule has 0 unspecified atom stereocenters. The normalized spacial score (nSPS) is 19.9. The zero-order valence-corrected chi connectivity index (χ0v) is 16.7. The minimum absolute atomic E-state index is 0.113. The van der Waals surface area contributed by atoms with Gasteiger partial charge in [-0.15, -0.1) is 0 Å². The Balaban J connectivity index is 1.41. The van der Waals surface area contributed by atoms with Gasteiger partial charge in [-0.25, -0.2) is 9.78 Å². The fraction of sp³-hybridized carbons (Fsp3) is 0.364. The fourth-order valence-corrected chi connectivity index (χ4v) is 3.88. The molecule has 1 aliphatic rings. The van der Waals surface area contributed by atoms with Crippen molar-refractivity contribution in [1.29, 1.82) is 0 Å². The van der Waals surface area contributed by atoms with Crippen LogP contribution in [0.4, 0.5) is 10.5 Å². The zero-order valence-electron chi connectivity index (χ0n) is 16.7. The van der Waals surface area contributed by atoms with Crippen LogP contribution in [0.1, 0.15) is 24.4 Å². The number of carbonyl (C=O) groups is 1. The van der Waals surface area contributed by atoms with Crippen molar-refractivity contribution in [2.45, 2.75) is 26.0 Å². The first kappa shape index (κ1) is 19.4. The molecule has 2 N–H and O–H groups in total. The van der Waals surface area contributed by atoms with Gasteiger partial charge in [0.25, 0.3) is 0 Å². The number of urea groups is 1. The Morgan fingerprint density at radius 3 is 2.86 bits per heavy atom. The number of morpholine rings is 1. The number of benzene rings is 2. The lowest BCUT2D eigenvalue weighted by Crippen LogP contribution is -2.50. The van der Waals surface area contributed by atoms with Crippen LogP contribution in [0.15, 0.2) is 52.9 Å². The highest BCUT2D eigenvalue weighted by atomic mass is 16.5. The molecule has 29 heavy (non-hydrogen) atoms. The summed E-state index contributed by atoms with van der Waals surface area (Å²) in [6.07, 6.45) is -0.113. The van der Waals surface area contributed by atoms with Gasteiger partial charge < -0.3 is 19.8 Å². The van der Waals surface area contributed by atoms with E-state index in [9.17, 15) is 4.79 Å². The number of nitrogens with zero attached hydrogens (tertiary/aromatic N) is 2. The number of aromatic nitrogens is 1. The summed E-state index contributed by atoms with van der Waals surface area (Å²) >= 11 is 0. The average molecular weight is 394 g/mol. The summed E-state index contributed by atoms with van der Waals surface area (Å²) in [5.41, 5.74) is 3.30. The van der Waals surface area contributed by atoms with Crippen LogP contribution >= 0.6 is 0 Å². The monoisotopic (exact) mass is 394 g/mol. The van der Waals surface area contributed by atoms with Gasteiger partial charge in [-0.2, -0.15) is 0 Å². The predicted octanol–water partition coefficient (Wildman–Crippen LogP) is 3.72. The number of oxazole rings is 1. The third-order valence-corrected chi connectivity index (χ3v) is 5.22. The molecule has 1 fully saturated rings. The number of likely N-dealkylation sites (N-methyl/N-ethyl adjacent to an activating group) is 1. The van der Waals surface area contributed by atoms with Crippen LogP contribution in [0.3, 0.4) is 0 Å². The second-order valence-corrected chi connectivity index (χ2v) is 7.14. The van der Waals surface area contributed by atoms with Gasteiger partial charge in [0.05, 0.1) is 18.8 Å². The van der Waals surface area contributed by atoms with E-state index in [1.165, 1.54) is 5.56 Å². The maximum absolute atomic E-state index is 12.5.